The fourth-order valence-corrected chi connectivity index (χ4v) is 3.40. The first kappa shape index (κ1) is 13.6. The van der Waals surface area contributed by atoms with Crippen molar-refractivity contribution in [1.29, 1.82) is 0 Å². The predicted octanol–water partition coefficient (Wildman–Crippen LogP) is 2.32. The Balaban J connectivity index is 2.39. The van der Waals surface area contributed by atoms with Crippen LogP contribution in [0.2, 0.25) is 5.02 Å². The molecule has 1 aliphatic rings. The molecule has 0 bridgehead atoms. The molecular weight excluding hydrogens is 297 g/mol. The van der Waals surface area contributed by atoms with E-state index < -0.39 is 14.3 Å². The molecule has 0 aliphatic carbocycles. The van der Waals surface area contributed by atoms with Gasteiger partial charge in [-0.05, 0) is 18.6 Å². The SMILES string of the molecule is Cc1cccc(Cl)c1N1CC(S(=O)(=O)Cl)CC1=O. The van der Waals surface area contributed by atoms with Crippen molar-refractivity contribution in [2.24, 2.45) is 0 Å². The number of para-hydroxylation sites is 1. The standard InChI is InChI=1S/C11H11Cl2NO3S/c1-7-3-2-4-9(12)11(7)14-6-8(5-10(14)15)18(13,16)17/h2-4,8H,5-6H2,1H3. The summed E-state index contributed by atoms with van der Waals surface area (Å²) in [4.78, 5) is 13.3. The number of hydrogen-bond acceptors (Lipinski definition) is 3. The first-order chi connectivity index (χ1) is 8.30. The fraction of sp³-hybridized carbons (Fsp3) is 0.364. The van der Waals surface area contributed by atoms with Gasteiger partial charge in [-0.2, -0.15) is 0 Å². The number of hydrogen-bond donors (Lipinski definition) is 0. The second kappa shape index (κ2) is 4.72. The molecule has 1 saturated heterocycles. The number of carbonyl (C=O) groups excluding carboxylic acids is 1. The van der Waals surface area contributed by atoms with Crippen molar-refractivity contribution >= 4 is 42.9 Å². The summed E-state index contributed by atoms with van der Waals surface area (Å²) in [6, 6.07) is 5.26. The van der Waals surface area contributed by atoms with E-state index in [9.17, 15) is 13.2 Å². The summed E-state index contributed by atoms with van der Waals surface area (Å²) < 4.78 is 22.6. The quantitative estimate of drug-likeness (QED) is 0.788. The molecule has 1 aromatic rings. The number of benzene rings is 1. The molecule has 1 unspecified atom stereocenters. The van der Waals surface area contributed by atoms with Gasteiger partial charge < -0.3 is 4.90 Å². The molecule has 1 aromatic carbocycles. The van der Waals surface area contributed by atoms with Crippen LogP contribution < -0.4 is 4.90 Å². The highest BCUT2D eigenvalue weighted by atomic mass is 35.7. The van der Waals surface area contributed by atoms with E-state index >= 15 is 0 Å². The number of nitrogens with zero attached hydrogens (tertiary/aromatic N) is 1. The Kier molecular flexibility index (Phi) is 3.58. The van der Waals surface area contributed by atoms with Gasteiger partial charge in [-0.15, -0.1) is 0 Å². The van der Waals surface area contributed by atoms with Gasteiger partial charge in [0.1, 0.15) is 5.25 Å². The van der Waals surface area contributed by atoms with Crippen LogP contribution in [0.25, 0.3) is 0 Å². The minimum Gasteiger partial charge on any atom is -0.309 e. The minimum atomic E-state index is -3.74. The third kappa shape index (κ3) is 2.48. The monoisotopic (exact) mass is 307 g/mol. The van der Waals surface area contributed by atoms with Crippen LogP contribution in [0.1, 0.15) is 12.0 Å². The van der Waals surface area contributed by atoms with Crippen molar-refractivity contribution in [2.45, 2.75) is 18.6 Å². The van der Waals surface area contributed by atoms with Gasteiger partial charge in [-0.3, -0.25) is 4.79 Å². The Morgan fingerprint density at radius 2 is 2.06 bits per heavy atom. The number of halogens is 2. The molecule has 1 fully saturated rings. The van der Waals surface area contributed by atoms with E-state index in [4.69, 9.17) is 22.3 Å². The van der Waals surface area contributed by atoms with E-state index in [2.05, 4.69) is 0 Å². The molecule has 98 valence electrons. The Morgan fingerprint density at radius 3 is 2.56 bits per heavy atom. The number of rotatable bonds is 2. The van der Waals surface area contributed by atoms with E-state index in [1.54, 1.807) is 12.1 Å². The normalized spacial score (nSPS) is 20.5. The molecule has 1 amide bonds. The summed E-state index contributed by atoms with van der Waals surface area (Å²) >= 11 is 6.06. The lowest BCUT2D eigenvalue weighted by atomic mass is 10.2. The average Bonchev–Trinajstić information content (AvgIpc) is 2.60. The van der Waals surface area contributed by atoms with Gasteiger partial charge in [0.05, 0.1) is 10.7 Å². The second-order valence-corrected chi connectivity index (χ2v) is 7.53. The van der Waals surface area contributed by atoms with Crippen LogP contribution in [-0.2, 0) is 13.8 Å². The summed E-state index contributed by atoms with van der Waals surface area (Å²) in [6.45, 7) is 1.87. The van der Waals surface area contributed by atoms with Gasteiger partial charge in [0.2, 0.25) is 15.0 Å². The predicted molar refractivity (Wildman–Crippen MR) is 71.7 cm³/mol. The van der Waals surface area contributed by atoms with Crippen molar-refractivity contribution in [3.05, 3.63) is 28.8 Å². The molecule has 0 saturated carbocycles. The zero-order valence-corrected chi connectivity index (χ0v) is 11.9. The molecule has 7 heteroatoms. The number of anilines is 1. The zero-order valence-electron chi connectivity index (χ0n) is 9.56. The van der Waals surface area contributed by atoms with Crippen molar-refractivity contribution < 1.29 is 13.2 Å². The van der Waals surface area contributed by atoms with Crippen molar-refractivity contribution in [2.75, 3.05) is 11.4 Å². The van der Waals surface area contributed by atoms with Crippen molar-refractivity contribution in [1.82, 2.24) is 0 Å². The molecule has 1 heterocycles. The number of carbonyl (C=O) groups is 1. The highest BCUT2D eigenvalue weighted by molar-refractivity contribution is 8.14. The summed E-state index contributed by atoms with van der Waals surface area (Å²) in [5.41, 5.74) is 1.38. The summed E-state index contributed by atoms with van der Waals surface area (Å²) in [7, 11) is 1.56. The van der Waals surface area contributed by atoms with E-state index in [0.29, 0.717) is 10.7 Å². The average molecular weight is 308 g/mol. The maximum atomic E-state index is 11.9. The van der Waals surface area contributed by atoms with E-state index in [0.717, 1.165) is 5.56 Å². The molecule has 4 nitrogen and oxygen atoms in total. The van der Waals surface area contributed by atoms with Crippen LogP contribution in [0, 0.1) is 6.92 Å². The smallest absolute Gasteiger partial charge is 0.237 e. The van der Waals surface area contributed by atoms with Gasteiger partial charge >= 0.3 is 0 Å². The first-order valence-electron chi connectivity index (χ1n) is 5.29. The van der Waals surface area contributed by atoms with Crippen LogP contribution >= 0.6 is 22.3 Å². The molecule has 1 aliphatic heterocycles. The summed E-state index contributed by atoms with van der Waals surface area (Å²) in [5, 5.41) is -0.446. The zero-order chi connectivity index (χ0) is 13.5. The lowest BCUT2D eigenvalue weighted by Gasteiger charge is -2.20. The van der Waals surface area contributed by atoms with Gasteiger partial charge in [0.25, 0.3) is 0 Å². The first-order valence-corrected chi connectivity index (χ1v) is 8.04. The molecule has 18 heavy (non-hydrogen) atoms. The van der Waals surface area contributed by atoms with Crippen LogP contribution in [0.5, 0.6) is 0 Å². The lowest BCUT2D eigenvalue weighted by Crippen LogP contribution is -2.27. The van der Waals surface area contributed by atoms with Gasteiger partial charge in [-0.1, -0.05) is 23.7 Å². The summed E-state index contributed by atoms with van der Waals surface area (Å²) in [5.74, 6) is -0.277. The third-order valence-electron chi connectivity index (χ3n) is 2.95. The van der Waals surface area contributed by atoms with Gasteiger partial charge in [-0.25, -0.2) is 8.42 Å². The second-order valence-electron chi connectivity index (χ2n) is 4.21. The lowest BCUT2D eigenvalue weighted by molar-refractivity contribution is -0.117. The molecule has 0 N–H and O–H groups in total. The molecule has 0 spiro atoms. The van der Waals surface area contributed by atoms with Gasteiger partial charge in [0, 0.05) is 23.6 Å². The number of amides is 1. The van der Waals surface area contributed by atoms with E-state index in [1.807, 2.05) is 13.0 Å². The van der Waals surface area contributed by atoms with E-state index in [1.165, 1.54) is 4.90 Å². The van der Waals surface area contributed by atoms with Crippen molar-refractivity contribution in [3.8, 4) is 0 Å². The highest BCUT2D eigenvalue weighted by Gasteiger charge is 2.39. The fourth-order valence-electron chi connectivity index (χ4n) is 2.04. The molecule has 0 radical (unpaired) electrons. The Labute approximate surface area is 115 Å². The Bertz CT molecular complexity index is 580. The van der Waals surface area contributed by atoms with Crippen LogP contribution in [0.3, 0.4) is 0 Å². The topological polar surface area (TPSA) is 54.5 Å². The Hall–Kier alpha value is -0.780. The van der Waals surface area contributed by atoms with Crippen molar-refractivity contribution in [3.63, 3.8) is 0 Å². The number of aryl methyl sites for hydroxylation is 1. The van der Waals surface area contributed by atoms with Crippen LogP contribution in [-0.4, -0.2) is 26.1 Å². The van der Waals surface area contributed by atoms with E-state index in [-0.39, 0.29) is 18.9 Å². The molecule has 0 aromatic heterocycles. The molecule has 2 rings (SSSR count). The highest BCUT2D eigenvalue weighted by Crippen LogP contribution is 2.34. The third-order valence-corrected chi connectivity index (χ3v) is 5.12. The molecule has 1 atom stereocenters. The van der Waals surface area contributed by atoms with Gasteiger partial charge in [0.15, 0.2) is 0 Å². The maximum absolute atomic E-state index is 11.9. The maximum Gasteiger partial charge on any atom is 0.237 e. The summed E-state index contributed by atoms with van der Waals surface area (Å²) in [6.07, 6.45) is -0.101. The largest absolute Gasteiger partial charge is 0.309 e. The van der Waals surface area contributed by atoms with Crippen LogP contribution in [0.15, 0.2) is 18.2 Å². The Morgan fingerprint density at radius 1 is 1.39 bits per heavy atom. The molecular formula is C11H11Cl2NO3S. The minimum absolute atomic E-state index is 0.0508. The van der Waals surface area contributed by atoms with Crippen LogP contribution in [0.4, 0.5) is 5.69 Å².